The highest BCUT2D eigenvalue weighted by atomic mass is 16.7. The molecule has 1 aromatic carbocycles. The number of ketones is 2. The summed E-state index contributed by atoms with van der Waals surface area (Å²) in [4.78, 5) is 69.7. The number of carbonyl (C=O) groups excluding carboxylic acids is 4. The maximum absolute atomic E-state index is 14.9. The largest absolute Gasteiger partial charge is 0.510 e. The van der Waals surface area contributed by atoms with Crippen LogP contribution in [0, 0.1) is 11.8 Å². The number of carboxylic acid groups (broad SMARTS) is 1. The van der Waals surface area contributed by atoms with Gasteiger partial charge in [-0.15, -0.1) is 0 Å². The van der Waals surface area contributed by atoms with Gasteiger partial charge in [0.05, 0.1) is 23.8 Å². The highest BCUT2D eigenvalue weighted by Crippen LogP contribution is 2.55. The molecule has 1 saturated heterocycles. The number of nitrogens with two attached hydrogens (primary N) is 1. The number of aliphatic hydroxyl groups is 5. The number of amides is 2. The number of phenols is 1. The number of aliphatic carboxylic acids is 1. The summed E-state index contributed by atoms with van der Waals surface area (Å²) in [6.07, 6.45) is -11.3. The van der Waals surface area contributed by atoms with Crippen LogP contribution in [0.2, 0.25) is 0 Å². The van der Waals surface area contributed by atoms with Crippen LogP contribution in [0.25, 0.3) is 0 Å². The van der Waals surface area contributed by atoms with Crippen LogP contribution in [-0.4, -0.2) is 153 Å². The Kier molecular flexibility index (Phi) is 10.7. The zero-order chi connectivity index (χ0) is 40.5. The van der Waals surface area contributed by atoms with E-state index >= 15 is 0 Å². The van der Waals surface area contributed by atoms with Crippen molar-refractivity contribution in [2.45, 2.75) is 81.5 Å². The summed E-state index contributed by atoms with van der Waals surface area (Å²) in [5, 5.41) is 82.6. The molecule has 1 fully saturated rings. The Morgan fingerprint density at radius 2 is 1.69 bits per heavy atom. The number of phenolic OH excluding ortho intramolecular Hbond substituents is 1. The van der Waals surface area contributed by atoms with Crippen molar-refractivity contribution in [2.24, 2.45) is 17.6 Å². The second-order valence-corrected chi connectivity index (χ2v) is 15.5. The molecule has 19 nitrogen and oxygen atoms in total. The molecule has 9 atom stereocenters. The van der Waals surface area contributed by atoms with Gasteiger partial charge in [-0.2, -0.15) is 0 Å². The van der Waals surface area contributed by atoms with Crippen molar-refractivity contribution in [3.05, 3.63) is 39.9 Å². The number of aromatic hydroxyl groups is 1. The molecular weight excluding hydrogens is 714 g/mol. The molecule has 0 bridgehead atoms. The van der Waals surface area contributed by atoms with Crippen molar-refractivity contribution in [3.63, 3.8) is 0 Å². The number of primary amides is 1. The standard InChI is InChI=1S/C35H47N5O14/c1-34(2,3)37-11-17(41)38-15-10-16(39(4)5)13-8-12-9-14-21(40(6)7)24(44)20(31(36)49)29(48)35(14,52)30(18(12)23(43)19(13)22(15)42)54-33-27(47)25(45)26(46)28(53-33)32(50)51/h10,12,14,21,25-28,33,37,42,44-47,52H,8-9,11H2,1-7H3,(H2,36,49)(H,38,41)(H,50,51)/t12-,14-,21-,25-,26-,27+,28-,33-,35+/m0/s1. The van der Waals surface area contributed by atoms with E-state index in [1.807, 2.05) is 20.8 Å². The maximum Gasteiger partial charge on any atom is 0.335 e. The molecule has 19 heteroatoms. The summed E-state index contributed by atoms with van der Waals surface area (Å²) < 4.78 is 11.3. The minimum atomic E-state index is -3.03. The quantitative estimate of drug-likeness (QED) is 0.0949. The van der Waals surface area contributed by atoms with Crippen LogP contribution in [0.15, 0.2) is 28.7 Å². The number of fused-ring (bicyclic) bond motifs is 3. The average molecular weight is 762 g/mol. The van der Waals surface area contributed by atoms with Crippen molar-refractivity contribution in [2.75, 3.05) is 45.0 Å². The Hall–Kier alpha value is -4.63. The van der Waals surface area contributed by atoms with E-state index in [1.54, 1.807) is 19.0 Å². The number of aliphatic hydroxyl groups excluding tert-OH is 4. The van der Waals surface area contributed by atoms with E-state index < -0.39 is 117 Å². The molecule has 1 aromatic rings. The molecule has 5 rings (SSSR count). The Balaban J connectivity index is 1.76. The molecule has 11 N–H and O–H groups in total. The number of nitrogens with zero attached hydrogens (tertiary/aromatic N) is 2. The number of allylic oxidation sites excluding steroid dienone is 1. The number of hydrogen-bond donors (Lipinski definition) is 10. The van der Waals surface area contributed by atoms with Crippen molar-refractivity contribution in [1.29, 1.82) is 0 Å². The fourth-order valence-electron chi connectivity index (χ4n) is 7.73. The summed E-state index contributed by atoms with van der Waals surface area (Å²) in [6.45, 7) is 5.37. The van der Waals surface area contributed by atoms with Gasteiger partial charge in [0, 0.05) is 36.8 Å². The fourth-order valence-corrected chi connectivity index (χ4v) is 7.73. The zero-order valence-corrected chi connectivity index (χ0v) is 30.8. The molecular formula is C35H47N5O14. The number of rotatable bonds is 9. The minimum absolute atomic E-state index is 0.0641. The molecule has 0 spiro atoms. The lowest BCUT2D eigenvalue weighted by Crippen LogP contribution is -2.65. The molecule has 0 aromatic heterocycles. The van der Waals surface area contributed by atoms with E-state index in [2.05, 4.69) is 10.6 Å². The zero-order valence-electron chi connectivity index (χ0n) is 30.8. The Morgan fingerprint density at radius 1 is 1.06 bits per heavy atom. The highest BCUT2D eigenvalue weighted by molar-refractivity contribution is 6.25. The van der Waals surface area contributed by atoms with Gasteiger partial charge in [-0.25, -0.2) is 4.79 Å². The number of anilines is 2. The first-order valence-corrected chi connectivity index (χ1v) is 17.1. The molecule has 0 radical (unpaired) electrons. The lowest BCUT2D eigenvalue weighted by molar-refractivity contribution is -0.291. The number of hydrogen-bond acceptors (Lipinski definition) is 16. The topological polar surface area (TPSA) is 302 Å². The summed E-state index contributed by atoms with van der Waals surface area (Å²) in [5.74, 6) is -11.0. The molecule has 1 heterocycles. The first-order valence-electron chi connectivity index (χ1n) is 17.1. The highest BCUT2D eigenvalue weighted by Gasteiger charge is 2.65. The molecule has 3 aliphatic carbocycles. The minimum Gasteiger partial charge on any atom is -0.510 e. The Morgan fingerprint density at radius 3 is 2.22 bits per heavy atom. The molecule has 1 aliphatic heterocycles. The van der Waals surface area contributed by atoms with Crippen LogP contribution in [-0.2, 0) is 35.1 Å². The molecule has 296 valence electrons. The second-order valence-electron chi connectivity index (χ2n) is 15.5. The number of benzene rings is 1. The lowest BCUT2D eigenvalue weighted by atomic mass is 9.58. The Bertz CT molecular complexity index is 1850. The predicted molar refractivity (Wildman–Crippen MR) is 187 cm³/mol. The van der Waals surface area contributed by atoms with Crippen molar-refractivity contribution in [3.8, 4) is 5.75 Å². The third-order valence-electron chi connectivity index (χ3n) is 10.3. The van der Waals surface area contributed by atoms with Gasteiger partial charge in [-0.1, -0.05) is 0 Å². The summed E-state index contributed by atoms with van der Waals surface area (Å²) in [7, 11) is 6.30. The van der Waals surface area contributed by atoms with Gasteiger partial charge >= 0.3 is 5.97 Å². The molecule has 0 unspecified atom stereocenters. The van der Waals surface area contributed by atoms with Crippen molar-refractivity contribution >= 4 is 40.7 Å². The molecule has 4 aliphatic rings. The first-order chi connectivity index (χ1) is 24.9. The number of Topliss-reactive ketones (excluding diaryl/α,β-unsaturated/α-hetero) is 2. The number of carboxylic acids is 1. The summed E-state index contributed by atoms with van der Waals surface area (Å²) >= 11 is 0. The second kappa shape index (κ2) is 14.2. The third kappa shape index (κ3) is 6.69. The van der Waals surface area contributed by atoms with Crippen LogP contribution in [0.1, 0.15) is 43.1 Å². The van der Waals surface area contributed by atoms with E-state index in [0.29, 0.717) is 11.3 Å². The van der Waals surface area contributed by atoms with E-state index in [-0.39, 0.29) is 30.6 Å². The maximum atomic E-state index is 14.9. The third-order valence-corrected chi connectivity index (χ3v) is 10.3. The SMILES string of the molecule is CN(C)c1cc(NC(=O)CNC(C)(C)C)c(O)c2c1C[C@H]1C[C@H]3[C@H](N(C)C)C(O)=C(C(N)=O)C(=O)[C@@]3(O)C(O[C@@H]3O[C@H](C(=O)O)[C@@H](O)[C@H](O)[C@H]3O)=C1C2=O. The van der Waals surface area contributed by atoms with Crippen molar-refractivity contribution in [1.82, 2.24) is 10.2 Å². The smallest absolute Gasteiger partial charge is 0.335 e. The van der Waals surface area contributed by atoms with Crippen LogP contribution in [0.5, 0.6) is 5.75 Å². The van der Waals surface area contributed by atoms with Gasteiger partial charge < -0.3 is 66.5 Å². The van der Waals surface area contributed by atoms with Gasteiger partial charge in [0.1, 0.15) is 35.4 Å². The van der Waals surface area contributed by atoms with Crippen molar-refractivity contribution < 1.29 is 69.2 Å². The number of ether oxygens (including phenoxy) is 2. The number of nitrogens with one attached hydrogen (secondary N) is 2. The van der Waals surface area contributed by atoms with E-state index in [9.17, 15) is 59.7 Å². The van der Waals surface area contributed by atoms with Gasteiger partial charge in [-0.05, 0) is 65.3 Å². The molecule has 2 amide bonds. The van der Waals surface area contributed by atoms with Gasteiger partial charge in [0.25, 0.3) is 5.91 Å². The van der Waals surface area contributed by atoms with E-state index in [1.165, 1.54) is 25.1 Å². The van der Waals surface area contributed by atoms with Gasteiger partial charge in [0.2, 0.25) is 18.0 Å². The van der Waals surface area contributed by atoms with Crippen LogP contribution < -0.4 is 21.3 Å². The number of carbonyl (C=O) groups is 5. The predicted octanol–water partition coefficient (Wildman–Crippen LogP) is -2.14. The van der Waals surface area contributed by atoms with Crippen LogP contribution in [0.4, 0.5) is 11.4 Å². The van der Waals surface area contributed by atoms with Gasteiger partial charge in [-0.3, -0.25) is 24.1 Å². The lowest BCUT2D eigenvalue weighted by Gasteiger charge is -2.52. The van der Waals surface area contributed by atoms with Crippen LogP contribution in [0.3, 0.4) is 0 Å². The van der Waals surface area contributed by atoms with E-state index in [0.717, 1.165) is 0 Å². The average Bonchev–Trinajstić information content (AvgIpc) is 3.05. The summed E-state index contributed by atoms with van der Waals surface area (Å²) in [6, 6.07) is 0.178. The Labute approximate surface area is 309 Å². The van der Waals surface area contributed by atoms with E-state index in [4.69, 9.17) is 15.2 Å². The monoisotopic (exact) mass is 761 g/mol. The fraction of sp³-hybridized carbons (Fsp3) is 0.571. The summed E-state index contributed by atoms with van der Waals surface area (Å²) in [5.41, 5.74) is 0.803. The van der Waals surface area contributed by atoms with Gasteiger partial charge in [0.15, 0.2) is 23.2 Å². The number of likely N-dealkylation sites (N-methyl/N-ethyl adjacent to an activating group) is 1. The normalized spacial score (nSPS) is 31.1. The molecule has 54 heavy (non-hydrogen) atoms. The first kappa shape index (κ1) is 40.6. The molecule has 0 saturated carbocycles. The van der Waals surface area contributed by atoms with Crippen LogP contribution >= 0.6 is 0 Å².